The molecular formula is C12H21N3OS. The molecule has 0 bridgehead atoms. The number of hydrogen-bond donors (Lipinski definition) is 1. The fraction of sp³-hybridized carbons (Fsp3) is 0.750. The molecule has 1 aromatic heterocycles. The summed E-state index contributed by atoms with van der Waals surface area (Å²) in [5, 5.41) is 3.70. The zero-order valence-electron chi connectivity index (χ0n) is 10.6. The Bertz CT molecular complexity index is 385. The molecule has 0 radical (unpaired) electrons. The highest BCUT2D eigenvalue weighted by Gasteiger charge is 2.19. The van der Waals surface area contributed by atoms with Crippen molar-refractivity contribution >= 4 is 10.8 Å². The lowest BCUT2D eigenvalue weighted by molar-refractivity contribution is 0.393. The molecule has 17 heavy (non-hydrogen) atoms. The summed E-state index contributed by atoms with van der Waals surface area (Å²) in [6.45, 7) is 3.90. The van der Waals surface area contributed by atoms with Gasteiger partial charge < -0.3 is 9.88 Å². The molecule has 1 aromatic rings. The van der Waals surface area contributed by atoms with E-state index < -0.39 is 10.8 Å². The van der Waals surface area contributed by atoms with Crippen molar-refractivity contribution in [1.82, 2.24) is 14.9 Å². The van der Waals surface area contributed by atoms with E-state index in [1.165, 1.54) is 25.0 Å². The predicted molar refractivity (Wildman–Crippen MR) is 70.4 cm³/mol. The first-order chi connectivity index (χ1) is 8.18. The topological polar surface area (TPSA) is 46.9 Å². The highest BCUT2D eigenvalue weighted by Crippen LogP contribution is 2.22. The minimum Gasteiger partial charge on any atom is -0.332 e. The molecule has 0 aromatic carbocycles. The van der Waals surface area contributed by atoms with Gasteiger partial charge in [0.15, 0.2) is 0 Å². The van der Waals surface area contributed by atoms with E-state index in [9.17, 15) is 4.21 Å². The molecule has 1 aliphatic rings. The van der Waals surface area contributed by atoms with Crippen LogP contribution in [0.1, 0.15) is 37.9 Å². The van der Waals surface area contributed by atoms with E-state index in [0.29, 0.717) is 6.04 Å². The molecule has 1 aliphatic heterocycles. The zero-order valence-corrected chi connectivity index (χ0v) is 11.4. The van der Waals surface area contributed by atoms with Crippen LogP contribution in [0.3, 0.4) is 0 Å². The van der Waals surface area contributed by atoms with Crippen LogP contribution in [0.25, 0.3) is 0 Å². The number of nitrogens with one attached hydrogen (secondary N) is 1. The lowest BCUT2D eigenvalue weighted by Gasteiger charge is -2.25. The van der Waals surface area contributed by atoms with E-state index in [-0.39, 0.29) is 5.25 Å². The van der Waals surface area contributed by atoms with E-state index in [4.69, 9.17) is 0 Å². The van der Waals surface area contributed by atoms with Crippen LogP contribution in [0.4, 0.5) is 0 Å². The molecule has 1 saturated heterocycles. The maximum Gasteiger partial charge on any atom is 0.0949 e. The lowest BCUT2D eigenvalue weighted by Crippen LogP contribution is -2.29. The fourth-order valence-electron chi connectivity index (χ4n) is 2.26. The third-order valence-corrected chi connectivity index (χ3v) is 4.71. The second-order valence-electron chi connectivity index (χ2n) is 4.78. The van der Waals surface area contributed by atoms with Crippen molar-refractivity contribution in [2.24, 2.45) is 0 Å². The van der Waals surface area contributed by atoms with Crippen LogP contribution in [0.5, 0.6) is 0 Å². The van der Waals surface area contributed by atoms with Gasteiger partial charge in [-0.05, 0) is 26.3 Å². The SMILES string of the molecule is CC(Cn1cncc1C1CCCCN1)S(C)=O. The third-order valence-electron chi connectivity index (χ3n) is 3.43. The Kier molecular flexibility index (Phi) is 4.34. The Morgan fingerprint density at radius 3 is 3.12 bits per heavy atom. The second kappa shape index (κ2) is 5.78. The van der Waals surface area contributed by atoms with Crippen molar-refractivity contribution < 1.29 is 4.21 Å². The van der Waals surface area contributed by atoms with Gasteiger partial charge in [0.25, 0.3) is 0 Å². The van der Waals surface area contributed by atoms with Gasteiger partial charge in [0.1, 0.15) is 0 Å². The monoisotopic (exact) mass is 255 g/mol. The summed E-state index contributed by atoms with van der Waals surface area (Å²) >= 11 is 0. The van der Waals surface area contributed by atoms with E-state index in [2.05, 4.69) is 14.9 Å². The van der Waals surface area contributed by atoms with E-state index in [1.54, 1.807) is 6.26 Å². The molecule has 5 heteroatoms. The van der Waals surface area contributed by atoms with E-state index in [0.717, 1.165) is 13.1 Å². The van der Waals surface area contributed by atoms with Gasteiger partial charge in [0.2, 0.25) is 0 Å². The molecule has 2 heterocycles. The molecule has 4 nitrogen and oxygen atoms in total. The Balaban J connectivity index is 2.07. The second-order valence-corrected chi connectivity index (χ2v) is 6.58. The van der Waals surface area contributed by atoms with Crippen molar-refractivity contribution in [2.75, 3.05) is 12.8 Å². The number of piperidine rings is 1. The highest BCUT2D eigenvalue weighted by molar-refractivity contribution is 7.84. The van der Waals surface area contributed by atoms with E-state index >= 15 is 0 Å². The van der Waals surface area contributed by atoms with Crippen LogP contribution in [-0.2, 0) is 17.3 Å². The number of imidazole rings is 1. The zero-order chi connectivity index (χ0) is 12.3. The van der Waals surface area contributed by atoms with Crippen LogP contribution in [0.2, 0.25) is 0 Å². The minimum atomic E-state index is -0.777. The van der Waals surface area contributed by atoms with Crippen molar-refractivity contribution in [2.45, 2.75) is 44.0 Å². The van der Waals surface area contributed by atoms with Gasteiger partial charge in [-0.15, -0.1) is 0 Å². The van der Waals surface area contributed by atoms with Gasteiger partial charge in [-0.3, -0.25) is 4.21 Å². The largest absolute Gasteiger partial charge is 0.332 e. The average molecular weight is 255 g/mol. The molecule has 96 valence electrons. The maximum absolute atomic E-state index is 11.4. The maximum atomic E-state index is 11.4. The molecule has 0 spiro atoms. The van der Waals surface area contributed by atoms with Crippen LogP contribution in [-0.4, -0.2) is 31.8 Å². The standard InChI is InChI=1S/C12H21N3OS/c1-10(17(2)16)8-15-9-13-7-12(15)11-5-3-4-6-14-11/h7,9-11,14H,3-6,8H2,1-2H3. The summed E-state index contributed by atoms with van der Waals surface area (Å²) in [4.78, 5) is 4.23. The number of nitrogens with zero attached hydrogens (tertiary/aromatic N) is 2. The molecular weight excluding hydrogens is 234 g/mol. The van der Waals surface area contributed by atoms with Crippen LogP contribution in [0.15, 0.2) is 12.5 Å². The number of hydrogen-bond acceptors (Lipinski definition) is 3. The Hall–Kier alpha value is -0.680. The normalized spacial score (nSPS) is 24.5. The smallest absolute Gasteiger partial charge is 0.0949 e. The van der Waals surface area contributed by atoms with Crippen molar-refractivity contribution in [3.05, 3.63) is 18.2 Å². The first-order valence-electron chi connectivity index (χ1n) is 6.24. The van der Waals surface area contributed by atoms with Crippen LogP contribution in [0, 0.1) is 0 Å². The van der Waals surface area contributed by atoms with Crippen LogP contribution >= 0.6 is 0 Å². The van der Waals surface area contributed by atoms with Gasteiger partial charge in [0.05, 0.1) is 12.0 Å². The summed E-state index contributed by atoms with van der Waals surface area (Å²) in [7, 11) is -0.777. The van der Waals surface area contributed by atoms with Crippen molar-refractivity contribution in [1.29, 1.82) is 0 Å². The molecule has 1 N–H and O–H groups in total. The fourth-order valence-corrected chi connectivity index (χ4v) is 2.63. The molecule has 1 fully saturated rings. The Labute approximate surface area is 105 Å². The van der Waals surface area contributed by atoms with Gasteiger partial charge in [0, 0.05) is 41.1 Å². The molecule has 3 atom stereocenters. The van der Waals surface area contributed by atoms with Gasteiger partial charge >= 0.3 is 0 Å². The predicted octanol–water partition coefficient (Wildman–Crippen LogP) is 1.46. The third kappa shape index (κ3) is 3.16. The summed E-state index contributed by atoms with van der Waals surface area (Å²) in [6.07, 6.45) is 9.27. The summed E-state index contributed by atoms with van der Waals surface area (Å²) < 4.78 is 13.6. The molecule has 3 unspecified atom stereocenters. The lowest BCUT2D eigenvalue weighted by atomic mass is 10.0. The average Bonchev–Trinajstić information content (AvgIpc) is 2.78. The number of aromatic nitrogens is 2. The minimum absolute atomic E-state index is 0.173. The van der Waals surface area contributed by atoms with E-state index in [1.807, 2.05) is 19.4 Å². The van der Waals surface area contributed by atoms with Crippen LogP contribution < -0.4 is 5.32 Å². The first-order valence-corrected chi connectivity index (χ1v) is 7.86. The molecule has 2 rings (SSSR count). The Morgan fingerprint density at radius 1 is 1.65 bits per heavy atom. The number of rotatable bonds is 4. The molecule has 0 amide bonds. The highest BCUT2D eigenvalue weighted by atomic mass is 32.2. The van der Waals surface area contributed by atoms with Gasteiger partial charge in [-0.25, -0.2) is 4.98 Å². The summed E-state index contributed by atoms with van der Waals surface area (Å²) in [6, 6.07) is 0.420. The van der Waals surface area contributed by atoms with Crippen molar-refractivity contribution in [3.8, 4) is 0 Å². The first kappa shape index (κ1) is 12.8. The summed E-state index contributed by atoms with van der Waals surface area (Å²) in [5.74, 6) is 0. The van der Waals surface area contributed by atoms with Gasteiger partial charge in [-0.1, -0.05) is 6.42 Å². The Morgan fingerprint density at radius 2 is 2.47 bits per heavy atom. The molecule has 0 aliphatic carbocycles. The van der Waals surface area contributed by atoms with Gasteiger partial charge in [-0.2, -0.15) is 0 Å². The quantitative estimate of drug-likeness (QED) is 0.886. The van der Waals surface area contributed by atoms with Crippen molar-refractivity contribution in [3.63, 3.8) is 0 Å². The molecule has 0 saturated carbocycles. The summed E-state index contributed by atoms with van der Waals surface area (Å²) in [5.41, 5.74) is 1.24.